The van der Waals surface area contributed by atoms with E-state index in [1.165, 1.54) is 0 Å². The van der Waals surface area contributed by atoms with Crippen LogP contribution >= 0.6 is 11.6 Å². The summed E-state index contributed by atoms with van der Waals surface area (Å²) < 4.78 is 1.75. The smallest absolute Gasteiger partial charge is 0.155 e. The molecule has 0 radical (unpaired) electrons. The number of imidazole rings is 1. The molecule has 32 heavy (non-hydrogen) atoms. The average Bonchev–Trinajstić information content (AvgIpc) is 3.42. The van der Waals surface area contributed by atoms with Gasteiger partial charge in [-0.25, -0.2) is 14.5 Å². The van der Waals surface area contributed by atoms with E-state index in [0.717, 1.165) is 56.9 Å². The molecule has 5 aromatic rings. The normalized spacial score (nSPS) is 11.5. The largest absolute Gasteiger partial charge is 0.339 e. The minimum Gasteiger partial charge on any atom is -0.339 e. The zero-order valence-electron chi connectivity index (χ0n) is 17.8. The Morgan fingerprint density at radius 2 is 1.88 bits per heavy atom. The molecule has 4 heterocycles. The first-order chi connectivity index (χ1) is 15.6. The highest BCUT2D eigenvalue weighted by molar-refractivity contribution is 6.31. The molecule has 0 aliphatic rings. The molecular formula is C24H22ClN7. The molecule has 7 nitrogen and oxygen atoms in total. The van der Waals surface area contributed by atoms with E-state index in [2.05, 4.69) is 27.0 Å². The van der Waals surface area contributed by atoms with Gasteiger partial charge in [-0.3, -0.25) is 9.88 Å². The Balaban J connectivity index is 1.51. The average molecular weight is 444 g/mol. The van der Waals surface area contributed by atoms with Crippen molar-refractivity contribution in [2.75, 3.05) is 7.05 Å². The summed E-state index contributed by atoms with van der Waals surface area (Å²) in [6.45, 7) is 3.34. The van der Waals surface area contributed by atoms with Crippen LogP contribution in [-0.4, -0.2) is 41.5 Å². The van der Waals surface area contributed by atoms with Crippen molar-refractivity contribution in [1.29, 1.82) is 0 Å². The Kier molecular flexibility index (Phi) is 5.43. The van der Waals surface area contributed by atoms with E-state index in [9.17, 15) is 0 Å². The fourth-order valence-corrected chi connectivity index (χ4v) is 3.96. The van der Waals surface area contributed by atoms with Gasteiger partial charge < -0.3 is 4.98 Å². The van der Waals surface area contributed by atoms with Gasteiger partial charge in [0.1, 0.15) is 12.2 Å². The van der Waals surface area contributed by atoms with Crippen LogP contribution in [0.1, 0.15) is 17.1 Å². The highest BCUT2D eigenvalue weighted by atomic mass is 35.5. The zero-order chi connectivity index (χ0) is 22.1. The maximum absolute atomic E-state index is 6.34. The monoisotopic (exact) mass is 443 g/mol. The van der Waals surface area contributed by atoms with Gasteiger partial charge in [0.15, 0.2) is 5.65 Å². The summed E-state index contributed by atoms with van der Waals surface area (Å²) in [6, 6.07) is 17.8. The number of H-pyrrole nitrogens is 1. The predicted octanol–water partition coefficient (Wildman–Crippen LogP) is 4.78. The van der Waals surface area contributed by atoms with E-state index >= 15 is 0 Å². The van der Waals surface area contributed by atoms with Crippen molar-refractivity contribution in [1.82, 2.24) is 34.4 Å². The number of halogens is 1. The van der Waals surface area contributed by atoms with Crippen molar-refractivity contribution in [3.63, 3.8) is 0 Å². The molecule has 8 heteroatoms. The molecule has 0 saturated heterocycles. The summed E-state index contributed by atoms with van der Waals surface area (Å²) in [6.07, 6.45) is 3.48. The second-order valence-electron chi connectivity index (χ2n) is 7.82. The van der Waals surface area contributed by atoms with Gasteiger partial charge in [0.2, 0.25) is 0 Å². The third-order valence-corrected chi connectivity index (χ3v) is 5.63. The molecule has 0 bridgehead atoms. The Morgan fingerprint density at radius 3 is 2.72 bits per heavy atom. The molecule has 0 saturated carbocycles. The van der Waals surface area contributed by atoms with Crippen LogP contribution in [-0.2, 0) is 13.1 Å². The van der Waals surface area contributed by atoms with Gasteiger partial charge in [-0.2, -0.15) is 5.10 Å². The van der Waals surface area contributed by atoms with Crippen molar-refractivity contribution in [2.24, 2.45) is 0 Å². The number of nitrogens with zero attached hydrogens (tertiary/aromatic N) is 6. The number of hydrogen-bond acceptors (Lipinski definition) is 5. The third-order valence-electron chi connectivity index (χ3n) is 5.26. The number of nitrogens with one attached hydrogen (secondary N) is 1. The first-order valence-corrected chi connectivity index (χ1v) is 10.7. The number of aromatic amines is 1. The maximum atomic E-state index is 6.34. The lowest BCUT2D eigenvalue weighted by molar-refractivity contribution is 0.312. The number of aromatic nitrogens is 6. The first-order valence-electron chi connectivity index (χ1n) is 10.3. The van der Waals surface area contributed by atoms with Gasteiger partial charge in [-0.1, -0.05) is 35.9 Å². The van der Waals surface area contributed by atoms with E-state index < -0.39 is 0 Å². The van der Waals surface area contributed by atoms with Crippen molar-refractivity contribution in [3.05, 3.63) is 89.2 Å². The van der Waals surface area contributed by atoms with Gasteiger partial charge in [-0.15, -0.1) is 0 Å². The Labute approximate surface area is 190 Å². The SMILES string of the molecule is Cc1cccc(-c2[nH]c(CN(C)Cc3ccccc3Cl)nc2-c2ccc3ncnn3c2)n1. The zero-order valence-corrected chi connectivity index (χ0v) is 18.6. The summed E-state index contributed by atoms with van der Waals surface area (Å²) in [5.41, 5.74) is 6.34. The standard InChI is InChI=1S/C24H22ClN7/c1-16-6-5-9-20(28-16)24-23(18-10-11-22-26-15-27-32(22)13-18)29-21(30-24)14-31(2)12-17-7-3-4-8-19(17)25/h3-11,13,15H,12,14H2,1-2H3,(H,29,30). The Bertz CT molecular complexity index is 1390. The van der Waals surface area contributed by atoms with E-state index in [1.807, 2.05) is 67.7 Å². The molecule has 0 aliphatic carbocycles. The minimum atomic E-state index is 0.635. The highest BCUT2D eigenvalue weighted by Crippen LogP contribution is 2.30. The molecule has 0 spiro atoms. The molecule has 4 aromatic heterocycles. The number of fused-ring (bicyclic) bond motifs is 1. The van der Waals surface area contributed by atoms with Gasteiger partial charge in [0.25, 0.3) is 0 Å². The number of aryl methyl sites for hydroxylation is 1. The van der Waals surface area contributed by atoms with Crippen molar-refractivity contribution >= 4 is 17.2 Å². The summed E-state index contributed by atoms with van der Waals surface area (Å²) in [5, 5.41) is 5.03. The molecular weight excluding hydrogens is 422 g/mol. The van der Waals surface area contributed by atoms with Gasteiger partial charge in [0, 0.05) is 29.0 Å². The Hall–Kier alpha value is -3.55. The molecule has 160 valence electrons. The van der Waals surface area contributed by atoms with Gasteiger partial charge in [-0.05, 0) is 49.9 Å². The van der Waals surface area contributed by atoms with E-state index in [0.29, 0.717) is 6.54 Å². The van der Waals surface area contributed by atoms with Gasteiger partial charge in [0.05, 0.1) is 23.6 Å². The first kappa shape index (κ1) is 20.4. The minimum absolute atomic E-state index is 0.635. The molecule has 0 aliphatic heterocycles. The summed E-state index contributed by atoms with van der Waals surface area (Å²) in [5.74, 6) is 0.853. The topological polar surface area (TPSA) is 75.0 Å². The van der Waals surface area contributed by atoms with E-state index in [1.54, 1.807) is 10.8 Å². The quantitative estimate of drug-likeness (QED) is 0.409. The van der Waals surface area contributed by atoms with Crippen LogP contribution in [0.2, 0.25) is 5.02 Å². The third kappa shape index (κ3) is 4.12. The van der Waals surface area contributed by atoms with Crippen LogP contribution in [0.25, 0.3) is 28.3 Å². The second kappa shape index (κ2) is 8.53. The number of hydrogen-bond donors (Lipinski definition) is 1. The lowest BCUT2D eigenvalue weighted by atomic mass is 10.1. The fraction of sp³-hybridized carbons (Fsp3) is 0.167. The van der Waals surface area contributed by atoms with Crippen LogP contribution < -0.4 is 0 Å². The van der Waals surface area contributed by atoms with Crippen molar-refractivity contribution in [3.8, 4) is 22.6 Å². The molecule has 5 rings (SSSR count). The summed E-state index contributed by atoms with van der Waals surface area (Å²) in [7, 11) is 2.05. The number of benzene rings is 1. The number of pyridine rings is 2. The summed E-state index contributed by atoms with van der Waals surface area (Å²) >= 11 is 6.34. The van der Waals surface area contributed by atoms with Crippen LogP contribution in [0.3, 0.4) is 0 Å². The van der Waals surface area contributed by atoms with Crippen LogP contribution in [0.5, 0.6) is 0 Å². The van der Waals surface area contributed by atoms with Crippen LogP contribution in [0.4, 0.5) is 0 Å². The molecule has 0 atom stereocenters. The van der Waals surface area contributed by atoms with Crippen molar-refractivity contribution in [2.45, 2.75) is 20.0 Å². The predicted molar refractivity (Wildman–Crippen MR) is 125 cm³/mol. The lowest BCUT2D eigenvalue weighted by Gasteiger charge is -2.16. The van der Waals surface area contributed by atoms with Crippen LogP contribution in [0.15, 0.2) is 67.1 Å². The lowest BCUT2D eigenvalue weighted by Crippen LogP contribution is -2.18. The van der Waals surface area contributed by atoms with Gasteiger partial charge >= 0.3 is 0 Å². The molecule has 1 aromatic carbocycles. The maximum Gasteiger partial charge on any atom is 0.155 e. The molecule has 0 unspecified atom stereocenters. The number of rotatable bonds is 6. The van der Waals surface area contributed by atoms with Crippen LogP contribution in [0, 0.1) is 6.92 Å². The highest BCUT2D eigenvalue weighted by Gasteiger charge is 2.17. The second-order valence-corrected chi connectivity index (χ2v) is 8.22. The molecule has 1 N–H and O–H groups in total. The molecule has 0 fully saturated rings. The fourth-order valence-electron chi connectivity index (χ4n) is 3.76. The van der Waals surface area contributed by atoms with Crippen molar-refractivity contribution < 1.29 is 0 Å². The Morgan fingerprint density at radius 1 is 1.00 bits per heavy atom. The van der Waals surface area contributed by atoms with E-state index in [4.69, 9.17) is 21.6 Å². The van der Waals surface area contributed by atoms with E-state index in [-0.39, 0.29) is 0 Å². The molecule has 0 amide bonds. The summed E-state index contributed by atoms with van der Waals surface area (Å²) in [4.78, 5) is 19.6.